The van der Waals surface area contributed by atoms with Gasteiger partial charge >= 0.3 is 0 Å². The van der Waals surface area contributed by atoms with Gasteiger partial charge in [-0.05, 0) is 23.3 Å². The van der Waals surface area contributed by atoms with Crippen molar-refractivity contribution in [2.24, 2.45) is 0 Å². The maximum absolute atomic E-state index is 4.38. The Kier molecular flexibility index (Phi) is 5.12. The highest BCUT2D eigenvalue weighted by atomic mass is 79.9. The van der Waals surface area contributed by atoms with E-state index >= 15 is 0 Å². The Hall–Kier alpha value is -1.10. The highest BCUT2D eigenvalue weighted by Gasteiger charge is 2.15. The topological polar surface area (TPSA) is 12.9 Å². The normalized spacial score (nSPS) is 12.2. The molecule has 1 aromatic heterocycles. The SMILES string of the molecule is Brc1cccc(C(SCc2nccs2)c2ccccc2)c1. The third-order valence-electron chi connectivity index (χ3n) is 3.11. The molecule has 3 rings (SSSR count). The number of rotatable bonds is 5. The van der Waals surface area contributed by atoms with Gasteiger partial charge in [-0.3, -0.25) is 0 Å². The van der Waals surface area contributed by atoms with E-state index in [2.05, 4.69) is 75.5 Å². The van der Waals surface area contributed by atoms with Crippen molar-refractivity contribution in [2.45, 2.75) is 11.0 Å². The van der Waals surface area contributed by atoms with Crippen molar-refractivity contribution in [3.05, 3.63) is 86.8 Å². The van der Waals surface area contributed by atoms with Gasteiger partial charge in [-0.15, -0.1) is 23.1 Å². The molecule has 3 aromatic rings. The number of halogens is 1. The summed E-state index contributed by atoms with van der Waals surface area (Å²) in [6.07, 6.45) is 1.87. The van der Waals surface area contributed by atoms with Gasteiger partial charge in [0, 0.05) is 21.8 Å². The van der Waals surface area contributed by atoms with Crippen molar-refractivity contribution in [1.29, 1.82) is 0 Å². The second-order valence-corrected chi connectivity index (χ2v) is 7.57. The molecule has 21 heavy (non-hydrogen) atoms. The molecule has 2 aromatic carbocycles. The molecule has 106 valence electrons. The molecule has 0 amide bonds. The molecule has 0 spiro atoms. The molecule has 0 saturated carbocycles. The fourth-order valence-electron chi connectivity index (χ4n) is 2.16. The quantitative estimate of drug-likeness (QED) is 0.548. The summed E-state index contributed by atoms with van der Waals surface area (Å²) in [4.78, 5) is 4.38. The molecule has 0 saturated heterocycles. The minimum absolute atomic E-state index is 0.326. The maximum Gasteiger partial charge on any atom is 0.102 e. The van der Waals surface area contributed by atoms with Gasteiger partial charge in [0.1, 0.15) is 5.01 Å². The summed E-state index contributed by atoms with van der Waals surface area (Å²) in [7, 11) is 0. The summed E-state index contributed by atoms with van der Waals surface area (Å²) >= 11 is 7.21. The number of benzene rings is 2. The van der Waals surface area contributed by atoms with Crippen LogP contribution in [0.1, 0.15) is 21.4 Å². The molecule has 0 aliphatic heterocycles. The first-order valence-electron chi connectivity index (χ1n) is 6.63. The van der Waals surface area contributed by atoms with Gasteiger partial charge in [0.2, 0.25) is 0 Å². The summed E-state index contributed by atoms with van der Waals surface area (Å²) < 4.78 is 1.12. The van der Waals surface area contributed by atoms with Gasteiger partial charge in [-0.2, -0.15) is 0 Å². The van der Waals surface area contributed by atoms with Gasteiger partial charge in [0.05, 0.1) is 5.25 Å². The molecule has 0 fully saturated rings. The molecule has 0 aliphatic carbocycles. The van der Waals surface area contributed by atoms with E-state index in [0.717, 1.165) is 10.2 Å². The largest absolute Gasteiger partial charge is 0.249 e. The van der Waals surface area contributed by atoms with Gasteiger partial charge < -0.3 is 0 Å². The maximum atomic E-state index is 4.38. The average molecular weight is 376 g/mol. The molecule has 0 N–H and O–H groups in total. The summed E-state index contributed by atoms with van der Waals surface area (Å²) in [5.74, 6) is 0.934. The van der Waals surface area contributed by atoms with Crippen molar-refractivity contribution < 1.29 is 0 Å². The molecule has 0 radical (unpaired) electrons. The third kappa shape index (κ3) is 3.96. The van der Waals surface area contributed by atoms with E-state index in [9.17, 15) is 0 Å². The molecular weight excluding hydrogens is 362 g/mol. The molecule has 1 atom stereocenters. The van der Waals surface area contributed by atoms with Crippen molar-refractivity contribution in [3.63, 3.8) is 0 Å². The van der Waals surface area contributed by atoms with E-state index in [-0.39, 0.29) is 0 Å². The third-order valence-corrected chi connectivity index (χ3v) is 5.88. The highest BCUT2D eigenvalue weighted by Crippen LogP contribution is 2.38. The molecule has 0 aliphatic rings. The first-order valence-corrected chi connectivity index (χ1v) is 9.35. The van der Waals surface area contributed by atoms with E-state index in [0.29, 0.717) is 5.25 Å². The van der Waals surface area contributed by atoms with Crippen LogP contribution in [0.2, 0.25) is 0 Å². The fraction of sp³-hybridized carbons (Fsp3) is 0.118. The van der Waals surface area contributed by atoms with Crippen LogP contribution in [0.15, 0.2) is 70.6 Å². The van der Waals surface area contributed by atoms with Crippen LogP contribution in [0, 0.1) is 0 Å². The first-order chi connectivity index (χ1) is 10.3. The molecule has 4 heteroatoms. The lowest BCUT2D eigenvalue weighted by Crippen LogP contribution is -1.97. The number of nitrogens with zero attached hydrogens (tertiary/aromatic N) is 1. The summed E-state index contributed by atoms with van der Waals surface area (Å²) in [5.41, 5.74) is 2.65. The van der Waals surface area contributed by atoms with Gasteiger partial charge in [-0.25, -0.2) is 4.98 Å². The zero-order valence-corrected chi connectivity index (χ0v) is 14.5. The number of hydrogen-bond donors (Lipinski definition) is 0. The zero-order valence-electron chi connectivity index (χ0n) is 11.3. The van der Waals surface area contributed by atoms with Crippen LogP contribution < -0.4 is 0 Å². The van der Waals surface area contributed by atoms with E-state index in [1.807, 2.05) is 23.3 Å². The van der Waals surface area contributed by atoms with Crippen LogP contribution in [0.4, 0.5) is 0 Å². The van der Waals surface area contributed by atoms with Gasteiger partial charge in [-0.1, -0.05) is 58.4 Å². The van der Waals surface area contributed by atoms with Crippen LogP contribution in [-0.4, -0.2) is 4.98 Å². The number of thiazole rings is 1. The Morgan fingerprint density at radius 3 is 2.57 bits per heavy atom. The highest BCUT2D eigenvalue weighted by molar-refractivity contribution is 9.10. The number of thioether (sulfide) groups is 1. The van der Waals surface area contributed by atoms with Crippen molar-refractivity contribution in [1.82, 2.24) is 4.98 Å². The number of aromatic nitrogens is 1. The second kappa shape index (κ2) is 7.25. The Labute approximate surface area is 141 Å². The van der Waals surface area contributed by atoms with Crippen LogP contribution >= 0.6 is 39.0 Å². The Morgan fingerprint density at radius 2 is 1.86 bits per heavy atom. The van der Waals surface area contributed by atoms with Crippen molar-refractivity contribution in [3.8, 4) is 0 Å². The van der Waals surface area contributed by atoms with Gasteiger partial charge in [0.25, 0.3) is 0 Å². The molecule has 1 heterocycles. The predicted molar refractivity (Wildman–Crippen MR) is 95.8 cm³/mol. The number of hydrogen-bond acceptors (Lipinski definition) is 3. The first kappa shape index (κ1) is 14.8. The van der Waals surface area contributed by atoms with Crippen LogP contribution in [0.25, 0.3) is 0 Å². The Bertz CT molecular complexity index is 683. The molecule has 1 unspecified atom stereocenters. The van der Waals surface area contributed by atoms with Crippen LogP contribution in [-0.2, 0) is 5.75 Å². The van der Waals surface area contributed by atoms with E-state index in [4.69, 9.17) is 0 Å². The molecule has 0 bridgehead atoms. The lowest BCUT2D eigenvalue weighted by molar-refractivity contribution is 1.14. The van der Waals surface area contributed by atoms with Crippen LogP contribution in [0.3, 0.4) is 0 Å². The summed E-state index contributed by atoms with van der Waals surface area (Å²) in [6.45, 7) is 0. The molecular formula is C17H14BrNS2. The fourth-order valence-corrected chi connectivity index (χ4v) is 4.53. The van der Waals surface area contributed by atoms with E-state index < -0.39 is 0 Å². The smallest absolute Gasteiger partial charge is 0.102 e. The van der Waals surface area contributed by atoms with Crippen molar-refractivity contribution >= 4 is 39.0 Å². The minimum atomic E-state index is 0.326. The van der Waals surface area contributed by atoms with E-state index in [1.165, 1.54) is 16.1 Å². The Morgan fingerprint density at radius 1 is 1.05 bits per heavy atom. The van der Waals surface area contributed by atoms with Crippen molar-refractivity contribution in [2.75, 3.05) is 0 Å². The average Bonchev–Trinajstić information content (AvgIpc) is 3.02. The van der Waals surface area contributed by atoms with E-state index in [1.54, 1.807) is 11.3 Å². The van der Waals surface area contributed by atoms with Gasteiger partial charge in [0.15, 0.2) is 0 Å². The Balaban J connectivity index is 1.87. The van der Waals surface area contributed by atoms with Crippen LogP contribution in [0.5, 0.6) is 0 Å². The second-order valence-electron chi connectivity index (χ2n) is 4.58. The molecule has 1 nitrogen and oxygen atoms in total. The summed E-state index contributed by atoms with van der Waals surface area (Å²) in [6, 6.07) is 19.2. The lowest BCUT2D eigenvalue weighted by atomic mass is 10.0. The minimum Gasteiger partial charge on any atom is -0.249 e. The summed E-state index contributed by atoms with van der Waals surface area (Å²) in [5, 5.41) is 3.54. The lowest BCUT2D eigenvalue weighted by Gasteiger charge is -2.17. The zero-order chi connectivity index (χ0) is 14.5. The monoisotopic (exact) mass is 375 g/mol. The predicted octanol–water partition coefficient (Wildman–Crippen LogP) is 5.93. The standard InChI is InChI=1S/C17H14BrNS2/c18-15-8-4-7-14(11-15)17(13-5-2-1-3-6-13)21-12-16-19-9-10-20-16/h1-11,17H,12H2.